The molecule has 20 aliphatic carbocycles. The SMILES string of the molecule is CC(C)(C)C1(C)c2ccccc2-c2ccccc21.CC(C)(C)C1(C)c2ccccc2-c2ccccc21.CC1(C)C2CCC(CC2)C1(C)C.CC1(C)C2CCC(CC2)C1(C)C.CC1(C)C2CCC(CC2)C1(C)C.CC1(C)C2CCC(CC2)C1(C)C.CC12CCCC1(C)CCC2.CCCCC.CC[C@@]1(C)CCC[C@@]1(C)CC.C[C@@]12CCCC[C@]1(C)CCC2.[2H]C([2H])([2H])[C@]1(C)CCCC1(C)C. The number of hydrogen-bond acceptors (Lipinski definition) is 0. The predicted molar refractivity (Wildman–Crippen MR) is 577 cm³/mol. The van der Waals surface area contributed by atoms with Crippen LogP contribution in [0.15, 0.2) is 97.1 Å². The van der Waals surface area contributed by atoms with Gasteiger partial charge in [0.05, 0.1) is 0 Å². The Morgan fingerprint density at radius 3 is 0.562 bits per heavy atom. The molecule has 8 bridgehead atoms. The molecule has 0 aromatic heterocycles. The van der Waals surface area contributed by atoms with Crippen molar-refractivity contribution in [3.63, 3.8) is 0 Å². The fourth-order valence-corrected chi connectivity index (χ4v) is 32.0. The van der Waals surface area contributed by atoms with Crippen molar-refractivity contribution in [3.8, 4) is 22.3 Å². The second-order valence-electron chi connectivity index (χ2n) is 57.0. The minimum atomic E-state index is -1.80. The van der Waals surface area contributed by atoms with Crippen molar-refractivity contribution in [2.75, 3.05) is 0 Å². The Morgan fingerprint density at radius 2 is 0.415 bits per heavy atom. The smallest absolute Gasteiger partial charge is 0.0236 e. The Bertz CT molecular complexity index is 3800. The molecule has 130 heavy (non-hydrogen) atoms. The number of benzene rings is 4. The molecule has 0 saturated heterocycles. The fraction of sp³-hybridized carbons (Fsp3) is 0.815. The Morgan fingerprint density at radius 1 is 0.238 bits per heavy atom. The maximum Gasteiger partial charge on any atom is 0.0236 e. The van der Waals surface area contributed by atoms with Crippen LogP contribution in [0.5, 0.6) is 0 Å². The molecule has 0 heteroatoms. The topological polar surface area (TPSA) is 0 Å². The van der Waals surface area contributed by atoms with Gasteiger partial charge < -0.3 is 0 Å². The van der Waals surface area contributed by atoms with Crippen LogP contribution < -0.4 is 0 Å². The first kappa shape index (κ1) is 104. The molecular weight excluding hydrogens is 1560 g/mol. The molecule has 0 radical (unpaired) electrons. The second kappa shape index (κ2) is 40.2. The van der Waals surface area contributed by atoms with Crippen molar-refractivity contribution < 1.29 is 4.11 Å². The van der Waals surface area contributed by atoms with E-state index in [1.165, 1.54) is 282 Å². The van der Waals surface area contributed by atoms with Gasteiger partial charge in [0.2, 0.25) is 0 Å². The molecule has 24 rings (SSSR count). The van der Waals surface area contributed by atoms with E-state index in [4.69, 9.17) is 4.11 Å². The van der Waals surface area contributed by atoms with E-state index in [2.05, 4.69) is 346 Å². The maximum absolute atomic E-state index is 7.51. The van der Waals surface area contributed by atoms with Gasteiger partial charge in [-0.3, -0.25) is 0 Å². The summed E-state index contributed by atoms with van der Waals surface area (Å²) in [4.78, 5) is 0. The van der Waals surface area contributed by atoms with E-state index in [1.54, 1.807) is 0 Å². The fourth-order valence-electron chi connectivity index (χ4n) is 32.0. The summed E-state index contributed by atoms with van der Waals surface area (Å²) in [5, 5.41) is 0. The van der Waals surface area contributed by atoms with Gasteiger partial charge in [-0.25, -0.2) is 0 Å². The van der Waals surface area contributed by atoms with Gasteiger partial charge in [0.25, 0.3) is 0 Å². The minimum Gasteiger partial charge on any atom is -0.0654 e. The van der Waals surface area contributed by atoms with Crippen molar-refractivity contribution in [1.82, 2.24) is 0 Å². The van der Waals surface area contributed by atoms with E-state index in [-0.39, 0.29) is 27.1 Å². The molecule has 20 aliphatic rings. The Hall–Kier alpha value is -3.12. The molecule has 738 valence electrons. The van der Waals surface area contributed by atoms with Crippen molar-refractivity contribution >= 4 is 0 Å². The highest BCUT2D eigenvalue weighted by Crippen LogP contribution is 2.69. The quantitative estimate of drug-likeness (QED) is 0.191. The van der Waals surface area contributed by atoms with Gasteiger partial charge in [-0.05, 0) is 369 Å². The molecule has 18 fully saturated rings. The summed E-state index contributed by atoms with van der Waals surface area (Å²) >= 11 is 0. The summed E-state index contributed by atoms with van der Waals surface area (Å²) in [5.41, 5.74) is 20.6. The van der Waals surface area contributed by atoms with Gasteiger partial charge >= 0.3 is 0 Å². The maximum atomic E-state index is 7.51. The predicted octanol–water partition coefficient (Wildman–Crippen LogP) is 42.0. The van der Waals surface area contributed by atoms with Crippen LogP contribution in [-0.4, -0.2) is 0 Å². The second-order valence-corrected chi connectivity index (χ2v) is 57.0. The molecular formula is C130H218. The lowest BCUT2D eigenvalue weighted by Gasteiger charge is -2.60. The molecule has 0 amide bonds. The molecule has 18 saturated carbocycles. The Labute approximate surface area is 815 Å². The Kier molecular flexibility index (Phi) is 32.3. The van der Waals surface area contributed by atoms with E-state index >= 15 is 0 Å². The third-order valence-corrected chi connectivity index (χ3v) is 48.3. The highest BCUT2D eigenvalue weighted by atomic mass is 14.6. The van der Waals surface area contributed by atoms with Gasteiger partial charge in [0.1, 0.15) is 0 Å². The number of rotatable bonds is 4. The van der Waals surface area contributed by atoms with Crippen molar-refractivity contribution in [3.05, 3.63) is 119 Å². The number of hydrogen-bond donors (Lipinski definition) is 0. The molecule has 4 aromatic rings. The van der Waals surface area contributed by atoms with Crippen molar-refractivity contribution in [2.24, 2.45) is 145 Å². The van der Waals surface area contributed by atoms with Crippen LogP contribution in [0.3, 0.4) is 0 Å². The van der Waals surface area contributed by atoms with Crippen LogP contribution in [-0.2, 0) is 10.8 Å². The molecule has 0 heterocycles. The zero-order chi connectivity index (χ0) is 99.3. The van der Waals surface area contributed by atoms with Gasteiger partial charge in [-0.1, -0.05) is 437 Å². The normalized spacial score (nSPS) is 36.2. The van der Waals surface area contributed by atoms with E-state index < -0.39 is 12.3 Å². The molecule has 0 N–H and O–H groups in total. The highest BCUT2D eigenvalue weighted by molar-refractivity contribution is 5.82. The molecule has 0 nitrogen and oxygen atoms in total. The summed E-state index contributed by atoms with van der Waals surface area (Å²) in [5.74, 6) is 8.09. The minimum absolute atomic E-state index is 0.0295. The first-order chi connectivity index (χ1) is 61.3. The monoisotopic (exact) mass is 1780 g/mol. The average Bonchev–Trinajstić information content (AvgIpc) is 1.52. The molecule has 4 aromatic carbocycles. The van der Waals surface area contributed by atoms with Crippen LogP contribution in [0, 0.1) is 145 Å². The van der Waals surface area contributed by atoms with Crippen molar-refractivity contribution in [1.29, 1.82) is 0 Å². The summed E-state index contributed by atoms with van der Waals surface area (Å²) in [6, 6.07) is 35.4. The van der Waals surface area contributed by atoms with E-state index in [1.807, 2.05) is 6.92 Å². The number of fused-ring (bicyclic) bond motifs is 20. The third kappa shape index (κ3) is 20.2. The number of unbranched alkanes of at least 4 members (excludes halogenated alkanes) is 2. The van der Waals surface area contributed by atoms with Crippen LogP contribution in [0.25, 0.3) is 22.3 Å². The first-order valence-electron chi connectivity index (χ1n) is 57.7. The van der Waals surface area contributed by atoms with Crippen LogP contribution in [0.4, 0.5) is 0 Å². The highest BCUT2D eigenvalue weighted by Gasteiger charge is 2.60. The van der Waals surface area contributed by atoms with Crippen molar-refractivity contribution in [2.45, 2.75) is 531 Å². The van der Waals surface area contributed by atoms with Crippen LogP contribution in [0.1, 0.15) is 546 Å². The van der Waals surface area contributed by atoms with Gasteiger partial charge in [-0.2, -0.15) is 0 Å². The lowest BCUT2D eigenvalue weighted by atomic mass is 9.45. The zero-order valence-electron chi connectivity index (χ0n) is 96.6. The standard InChI is InChI=1S/2C18H20.4C12H22.C11H20.C11H22.C10H18.C9H18.C5H12/c2*1-17(2,3)18(4)15-11-7-5-9-13(15)14-10-6-8-12-16(14)18;4*1-11(2)9-5-7-10(8-6-9)12(11,3)4;1-10-6-3-4-7-11(10,2)9-5-8-10;1-5-10(3)8-7-9-11(10,4)6-2;1-9-5-3-7-10(9,2)8-4-6-9;1-8(2)6-5-7-9(8,3)4;1-3-5-4-2/h2*5-12H,1-4H3;4*9-10H,5-8H2,1-4H3;3-9H2,1-2H3;5-9H2,1-4H3;3-8H2,1-2H3;5-7H2,1-4H3;3-5H2,1-2H3/t;;;;;;2*10-,11+;;;/i;;;;;;;;;1D3;/t;;;;;;;;;8-;/m.........0./s1. The summed E-state index contributed by atoms with van der Waals surface area (Å²) < 4.78 is 22.5. The summed E-state index contributed by atoms with van der Waals surface area (Å²) in [6.07, 6.45) is 57.6. The zero-order valence-corrected chi connectivity index (χ0v) is 93.6. The van der Waals surface area contributed by atoms with E-state index in [0.29, 0.717) is 54.1 Å². The average molecular weight is 1780 g/mol. The van der Waals surface area contributed by atoms with E-state index in [9.17, 15) is 0 Å². The summed E-state index contributed by atoms with van der Waals surface area (Å²) in [6.45, 7) is 87.0. The lowest BCUT2D eigenvalue weighted by Crippen LogP contribution is -2.51. The molecule has 0 spiro atoms. The molecule has 0 unspecified atom stereocenters. The molecule has 5 atom stereocenters. The summed E-state index contributed by atoms with van der Waals surface area (Å²) in [7, 11) is 0. The van der Waals surface area contributed by atoms with Crippen LogP contribution in [0.2, 0.25) is 0 Å². The van der Waals surface area contributed by atoms with Crippen LogP contribution >= 0.6 is 0 Å². The third-order valence-electron chi connectivity index (χ3n) is 48.3. The first-order valence-corrected chi connectivity index (χ1v) is 56.2. The molecule has 0 aliphatic heterocycles. The van der Waals surface area contributed by atoms with Gasteiger partial charge in [0, 0.05) is 14.9 Å². The largest absolute Gasteiger partial charge is 0.0654 e. The van der Waals surface area contributed by atoms with E-state index in [0.717, 1.165) is 88.3 Å². The van der Waals surface area contributed by atoms with Gasteiger partial charge in [0.15, 0.2) is 0 Å². The lowest BCUT2D eigenvalue weighted by molar-refractivity contribution is -0.104. The Balaban J connectivity index is 0.000000153. The van der Waals surface area contributed by atoms with Gasteiger partial charge in [-0.15, -0.1) is 0 Å².